The molecule has 0 unspecified atom stereocenters. The Kier molecular flexibility index (Phi) is 5.82. The predicted octanol–water partition coefficient (Wildman–Crippen LogP) is 4.72. The number of alkyl halides is 6. The Bertz CT molecular complexity index is 1160. The maximum Gasteiger partial charge on any atom is 0.433 e. The second-order valence-electron chi connectivity index (χ2n) is 7.95. The number of fused-ring (bicyclic) bond motifs is 1. The molecule has 1 aliphatic rings. The van der Waals surface area contributed by atoms with Gasteiger partial charge in [-0.25, -0.2) is 13.4 Å². The number of hydrogen-bond donors (Lipinski definition) is 0. The quantitative estimate of drug-likeness (QED) is 0.581. The highest BCUT2D eigenvalue weighted by Crippen LogP contribution is 2.35. The normalized spacial score (nSPS) is 15.2. The number of halogens is 6. The fraction of sp³-hybridized carbons (Fsp3) is 0.400. The third-order valence-corrected chi connectivity index (χ3v) is 7.84. The molecule has 32 heavy (non-hydrogen) atoms. The summed E-state index contributed by atoms with van der Waals surface area (Å²) in [6.07, 6.45) is -9.55. The van der Waals surface area contributed by atoms with Crippen LogP contribution in [0.25, 0.3) is 0 Å². The minimum atomic E-state index is -4.72. The van der Waals surface area contributed by atoms with Gasteiger partial charge in [-0.2, -0.15) is 26.3 Å². The maximum absolute atomic E-state index is 13.0. The first kappa shape index (κ1) is 24.0. The zero-order valence-electron chi connectivity index (χ0n) is 16.9. The van der Waals surface area contributed by atoms with Crippen molar-refractivity contribution in [1.29, 1.82) is 0 Å². The molecule has 1 aromatic carbocycles. The lowest BCUT2D eigenvalue weighted by atomic mass is 10.1. The average Bonchev–Trinajstić information content (AvgIpc) is 3.00. The summed E-state index contributed by atoms with van der Waals surface area (Å²) in [6.45, 7) is 2.27. The van der Waals surface area contributed by atoms with Gasteiger partial charge in [0.25, 0.3) is 5.91 Å². The lowest BCUT2D eigenvalue weighted by Crippen LogP contribution is -2.37. The SMILES string of the molecule is CC(C)(CCN1Cc2nc(C(F)(F)F)ccc2C1=O)S(=O)(=O)c1cccc(C(F)(F)F)c1. The van der Waals surface area contributed by atoms with Crippen molar-refractivity contribution >= 4 is 15.7 Å². The van der Waals surface area contributed by atoms with E-state index in [2.05, 4.69) is 4.98 Å². The van der Waals surface area contributed by atoms with Gasteiger partial charge in [-0.3, -0.25) is 4.79 Å². The molecule has 0 saturated carbocycles. The van der Waals surface area contributed by atoms with Gasteiger partial charge in [-0.15, -0.1) is 0 Å². The van der Waals surface area contributed by atoms with Crippen LogP contribution in [0.3, 0.4) is 0 Å². The third-order valence-electron chi connectivity index (χ3n) is 5.31. The van der Waals surface area contributed by atoms with E-state index < -0.39 is 49.0 Å². The van der Waals surface area contributed by atoms with Gasteiger partial charge in [-0.1, -0.05) is 6.07 Å². The number of sulfone groups is 1. The van der Waals surface area contributed by atoms with Gasteiger partial charge in [0, 0.05) is 6.54 Å². The van der Waals surface area contributed by atoms with E-state index in [9.17, 15) is 39.6 Å². The monoisotopic (exact) mass is 480 g/mol. The Hall–Kier alpha value is -2.63. The van der Waals surface area contributed by atoms with Crippen LogP contribution >= 0.6 is 0 Å². The van der Waals surface area contributed by atoms with Crippen LogP contribution in [-0.2, 0) is 28.7 Å². The van der Waals surface area contributed by atoms with Gasteiger partial charge in [-0.05, 0) is 50.6 Å². The molecule has 1 amide bonds. The van der Waals surface area contributed by atoms with Gasteiger partial charge >= 0.3 is 12.4 Å². The molecular formula is C20H18F6N2O3S. The second kappa shape index (κ2) is 7.75. The summed E-state index contributed by atoms with van der Waals surface area (Å²) in [4.78, 5) is 16.6. The summed E-state index contributed by atoms with van der Waals surface area (Å²) in [5.74, 6) is -0.589. The number of hydrogen-bond acceptors (Lipinski definition) is 4. The number of benzene rings is 1. The average molecular weight is 480 g/mol. The number of nitrogens with zero attached hydrogens (tertiary/aromatic N) is 2. The van der Waals surface area contributed by atoms with Crippen LogP contribution < -0.4 is 0 Å². The van der Waals surface area contributed by atoms with Crippen LogP contribution in [0.4, 0.5) is 26.3 Å². The smallest absolute Gasteiger partial charge is 0.333 e. The lowest BCUT2D eigenvalue weighted by Gasteiger charge is -2.27. The molecule has 2 aromatic rings. The fourth-order valence-electron chi connectivity index (χ4n) is 3.28. The topological polar surface area (TPSA) is 67.3 Å². The minimum Gasteiger partial charge on any atom is -0.333 e. The van der Waals surface area contributed by atoms with E-state index in [1.54, 1.807) is 0 Å². The molecule has 0 fully saturated rings. The number of amides is 1. The van der Waals surface area contributed by atoms with E-state index in [0.29, 0.717) is 12.1 Å². The molecule has 0 atom stereocenters. The van der Waals surface area contributed by atoms with Gasteiger partial charge in [0.15, 0.2) is 9.84 Å². The number of carbonyl (C=O) groups excluding carboxylic acids is 1. The first-order valence-electron chi connectivity index (χ1n) is 9.32. The molecule has 174 valence electrons. The molecule has 5 nitrogen and oxygen atoms in total. The molecule has 0 radical (unpaired) electrons. The molecule has 0 N–H and O–H groups in total. The number of carbonyl (C=O) groups is 1. The highest BCUT2D eigenvalue weighted by atomic mass is 32.2. The van der Waals surface area contributed by atoms with Crippen LogP contribution in [0.1, 0.15) is 47.6 Å². The van der Waals surface area contributed by atoms with Gasteiger partial charge < -0.3 is 4.90 Å². The largest absolute Gasteiger partial charge is 0.433 e. The number of aromatic nitrogens is 1. The van der Waals surface area contributed by atoms with E-state index in [4.69, 9.17) is 0 Å². The molecule has 1 aromatic heterocycles. The zero-order valence-corrected chi connectivity index (χ0v) is 17.7. The van der Waals surface area contributed by atoms with Crippen molar-refractivity contribution in [2.75, 3.05) is 6.54 Å². The van der Waals surface area contributed by atoms with Gasteiger partial charge in [0.05, 0.1) is 33.0 Å². The third kappa shape index (κ3) is 4.45. The Balaban J connectivity index is 1.78. The molecule has 0 saturated heterocycles. The fourth-order valence-corrected chi connectivity index (χ4v) is 4.81. The van der Waals surface area contributed by atoms with E-state index in [1.807, 2.05) is 0 Å². The Labute approximate surface area is 180 Å². The van der Waals surface area contributed by atoms with Crippen LogP contribution in [-0.4, -0.2) is 35.5 Å². The first-order valence-corrected chi connectivity index (χ1v) is 10.8. The highest BCUT2D eigenvalue weighted by Gasteiger charge is 2.40. The van der Waals surface area contributed by atoms with Crippen LogP contribution in [0.2, 0.25) is 0 Å². The standard InChI is InChI=1S/C20H18F6N2O3S/c1-18(2,32(30,31)13-5-3-4-12(10-13)19(21,22)23)8-9-28-11-15-14(17(28)29)6-7-16(27-15)20(24,25)26/h3-7,10H,8-9,11H2,1-2H3. The highest BCUT2D eigenvalue weighted by molar-refractivity contribution is 7.92. The van der Waals surface area contributed by atoms with Crippen molar-refractivity contribution < 1.29 is 39.6 Å². The molecule has 2 heterocycles. The summed E-state index contributed by atoms with van der Waals surface area (Å²) < 4.78 is 102. The summed E-state index contributed by atoms with van der Waals surface area (Å²) >= 11 is 0. The first-order chi connectivity index (χ1) is 14.5. The van der Waals surface area contributed by atoms with Crippen molar-refractivity contribution in [3.05, 3.63) is 58.9 Å². The van der Waals surface area contributed by atoms with Crippen LogP contribution in [0.5, 0.6) is 0 Å². The summed E-state index contributed by atoms with van der Waals surface area (Å²) in [7, 11) is -4.23. The summed E-state index contributed by atoms with van der Waals surface area (Å²) in [6, 6.07) is 5.09. The Morgan fingerprint density at radius 3 is 2.25 bits per heavy atom. The molecule has 0 aliphatic carbocycles. The lowest BCUT2D eigenvalue weighted by molar-refractivity contribution is -0.141. The van der Waals surface area contributed by atoms with Gasteiger partial charge in [0.2, 0.25) is 0 Å². The minimum absolute atomic E-state index is 0.00320. The number of pyridine rings is 1. The van der Waals surface area contributed by atoms with E-state index in [-0.39, 0.29) is 30.8 Å². The van der Waals surface area contributed by atoms with E-state index in [0.717, 1.165) is 24.3 Å². The predicted molar refractivity (Wildman–Crippen MR) is 101 cm³/mol. The molecule has 0 bridgehead atoms. The van der Waals surface area contributed by atoms with E-state index in [1.165, 1.54) is 18.7 Å². The van der Waals surface area contributed by atoms with Crippen LogP contribution in [0, 0.1) is 0 Å². The van der Waals surface area contributed by atoms with Crippen LogP contribution in [0.15, 0.2) is 41.3 Å². The van der Waals surface area contributed by atoms with E-state index >= 15 is 0 Å². The molecule has 0 spiro atoms. The molecule has 1 aliphatic heterocycles. The van der Waals surface area contributed by atoms with Crippen molar-refractivity contribution in [3.8, 4) is 0 Å². The maximum atomic E-state index is 13.0. The molecule has 12 heteroatoms. The second-order valence-corrected chi connectivity index (χ2v) is 10.5. The van der Waals surface area contributed by atoms with Crippen molar-refractivity contribution in [2.45, 2.75) is 48.8 Å². The number of rotatable bonds is 5. The van der Waals surface area contributed by atoms with Gasteiger partial charge in [0.1, 0.15) is 5.69 Å². The van der Waals surface area contributed by atoms with Crippen molar-refractivity contribution in [2.24, 2.45) is 0 Å². The van der Waals surface area contributed by atoms with Crippen molar-refractivity contribution in [1.82, 2.24) is 9.88 Å². The molecule has 3 rings (SSSR count). The summed E-state index contributed by atoms with van der Waals surface area (Å²) in [5, 5.41) is 0. The zero-order chi connectivity index (χ0) is 24.1. The molecular weight excluding hydrogens is 462 g/mol. The van der Waals surface area contributed by atoms with Crippen molar-refractivity contribution in [3.63, 3.8) is 0 Å². The Morgan fingerprint density at radius 2 is 1.66 bits per heavy atom. The summed E-state index contributed by atoms with van der Waals surface area (Å²) in [5.41, 5.74) is -2.32. The Morgan fingerprint density at radius 1 is 1.00 bits per heavy atom.